The van der Waals surface area contributed by atoms with Crippen molar-refractivity contribution in [3.05, 3.63) is 23.8 Å². The van der Waals surface area contributed by atoms with Crippen LogP contribution in [0.3, 0.4) is 0 Å². The molecule has 3 heteroatoms. The van der Waals surface area contributed by atoms with Crippen LogP contribution in [0.5, 0.6) is 0 Å². The van der Waals surface area contributed by atoms with Crippen molar-refractivity contribution < 1.29 is 4.74 Å². The normalized spacial score (nSPS) is 14.2. The number of fused-ring (bicyclic) bond motifs is 1. The Morgan fingerprint density at radius 2 is 2.25 bits per heavy atom. The summed E-state index contributed by atoms with van der Waals surface area (Å²) in [5.74, 6) is 0. The molecule has 1 heterocycles. The fraction of sp³-hybridized carbons (Fsp3) is 0.538. The molecule has 1 aliphatic rings. The third kappa shape index (κ3) is 2.47. The zero-order valence-corrected chi connectivity index (χ0v) is 9.91. The molecule has 88 valence electrons. The number of hydrogen-bond acceptors (Lipinski definition) is 3. The average Bonchev–Trinajstić information content (AvgIpc) is 2.67. The summed E-state index contributed by atoms with van der Waals surface area (Å²) >= 11 is 0. The first kappa shape index (κ1) is 11.3. The van der Waals surface area contributed by atoms with Crippen molar-refractivity contribution in [3.8, 4) is 0 Å². The lowest BCUT2D eigenvalue weighted by Gasteiger charge is -2.19. The maximum Gasteiger partial charge on any atom is 0.0462 e. The van der Waals surface area contributed by atoms with Crippen LogP contribution in [0.15, 0.2) is 18.2 Å². The highest BCUT2D eigenvalue weighted by Gasteiger charge is 2.17. The molecule has 1 aliphatic heterocycles. The Bertz CT molecular complexity index is 352. The van der Waals surface area contributed by atoms with Crippen LogP contribution in [0.1, 0.15) is 18.4 Å². The number of unbranched alkanes of at least 4 members (excludes halogenated alkanes) is 1. The van der Waals surface area contributed by atoms with Crippen LogP contribution in [0, 0.1) is 0 Å². The van der Waals surface area contributed by atoms with Gasteiger partial charge in [-0.2, -0.15) is 0 Å². The third-order valence-corrected chi connectivity index (χ3v) is 3.12. The molecule has 0 spiro atoms. The van der Waals surface area contributed by atoms with Gasteiger partial charge in [0.15, 0.2) is 0 Å². The van der Waals surface area contributed by atoms with Gasteiger partial charge in [0.2, 0.25) is 0 Å². The molecule has 0 atom stereocenters. The molecule has 0 unspecified atom stereocenters. The molecule has 16 heavy (non-hydrogen) atoms. The van der Waals surface area contributed by atoms with Gasteiger partial charge in [-0.1, -0.05) is 0 Å². The van der Waals surface area contributed by atoms with E-state index in [-0.39, 0.29) is 0 Å². The Hall–Kier alpha value is -1.22. The molecule has 0 amide bonds. The predicted octanol–water partition coefficient (Wildman–Crippen LogP) is 2.06. The summed E-state index contributed by atoms with van der Waals surface area (Å²) in [5.41, 5.74) is 9.42. The number of hydrogen-bond donors (Lipinski definition) is 1. The second-order valence-electron chi connectivity index (χ2n) is 4.33. The quantitative estimate of drug-likeness (QED) is 0.609. The number of ether oxygens (including phenoxy) is 1. The highest BCUT2D eigenvalue weighted by Crippen LogP contribution is 2.29. The monoisotopic (exact) mass is 220 g/mol. The highest BCUT2D eigenvalue weighted by atomic mass is 16.5. The number of benzene rings is 1. The van der Waals surface area contributed by atoms with E-state index in [1.807, 2.05) is 6.07 Å². The number of nitrogens with zero attached hydrogens (tertiary/aromatic N) is 1. The summed E-state index contributed by atoms with van der Waals surface area (Å²) in [6, 6.07) is 6.24. The molecule has 0 fully saturated rings. The lowest BCUT2D eigenvalue weighted by Crippen LogP contribution is -2.21. The fourth-order valence-electron chi connectivity index (χ4n) is 2.27. The minimum absolute atomic E-state index is 0.864. The first-order valence-corrected chi connectivity index (χ1v) is 5.93. The summed E-state index contributed by atoms with van der Waals surface area (Å²) in [7, 11) is 1.76. The van der Waals surface area contributed by atoms with E-state index in [1.165, 1.54) is 17.7 Å². The minimum Gasteiger partial charge on any atom is -0.399 e. The number of nitrogen functional groups attached to an aromatic ring is 1. The molecule has 0 aliphatic carbocycles. The molecule has 0 bridgehead atoms. The van der Waals surface area contributed by atoms with E-state index in [1.54, 1.807) is 7.11 Å². The summed E-state index contributed by atoms with van der Waals surface area (Å²) in [6.07, 6.45) is 3.46. The number of nitrogens with two attached hydrogens (primary N) is 1. The summed E-state index contributed by atoms with van der Waals surface area (Å²) in [6.45, 7) is 3.12. The Kier molecular flexibility index (Phi) is 3.67. The highest BCUT2D eigenvalue weighted by molar-refractivity contribution is 5.62. The van der Waals surface area contributed by atoms with E-state index in [4.69, 9.17) is 10.5 Å². The second kappa shape index (κ2) is 5.21. The SMILES string of the molecule is COCCCCN1CCc2cc(N)ccc21. The molecule has 0 saturated carbocycles. The molecule has 2 N–H and O–H groups in total. The molecule has 3 nitrogen and oxygen atoms in total. The lowest BCUT2D eigenvalue weighted by atomic mass is 10.1. The van der Waals surface area contributed by atoms with E-state index >= 15 is 0 Å². The smallest absolute Gasteiger partial charge is 0.0462 e. The van der Waals surface area contributed by atoms with Gasteiger partial charge in [0, 0.05) is 38.2 Å². The first-order valence-electron chi connectivity index (χ1n) is 5.93. The summed E-state index contributed by atoms with van der Waals surface area (Å²) in [4.78, 5) is 2.45. The molecule has 1 aromatic carbocycles. The van der Waals surface area contributed by atoms with Gasteiger partial charge in [0.1, 0.15) is 0 Å². The largest absolute Gasteiger partial charge is 0.399 e. The zero-order valence-electron chi connectivity index (χ0n) is 9.91. The fourth-order valence-corrected chi connectivity index (χ4v) is 2.27. The molecule has 0 saturated heterocycles. The molecular formula is C13H20N2O. The van der Waals surface area contributed by atoms with Crippen LogP contribution in [0.25, 0.3) is 0 Å². The van der Waals surface area contributed by atoms with E-state index < -0.39 is 0 Å². The summed E-state index contributed by atoms with van der Waals surface area (Å²) in [5, 5.41) is 0. The zero-order chi connectivity index (χ0) is 11.4. The maximum absolute atomic E-state index is 5.78. The van der Waals surface area contributed by atoms with Crippen LogP contribution < -0.4 is 10.6 Å². The molecule has 0 radical (unpaired) electrons. The van der Waals surface area contributed by atoms with Crippen LogP contribution in [0.2, 0.25) is 0 Å². The van der Waals surface area contributed by atoms with Crippen LogP contribution >= 0.6 is 0 Å². The van der Waals surface area contributed by atoms with E-state index in [0.717, 1.165) is 38.2 Å². The van der Waals surface area contributed by atoms with Gasteiger partial charge in [-0.15, -0.1) is 0 Å². The third-order valence-electron chi connectivity index (χ3n) is 3.12. The van der Waals surface area contributed by atoms with Gasteiger partial charge in [-0.25, -0.2) is 0 Å². The summed E-state index contributed by atoms with van der Waals surface area (Å²) < 4.78 is 5.06. The molecule has 2 rings (SSSR count). The van der Waals surface area contributed by atoms with E-state index in [0.29, 0.717) is 0 Å². The lowest BCUT2D eigenvalue weighted by molar-refractivity contribution is 0.193. The minimum atomic E-state index is 0.864. The van der Waals surface area contributed by atoms with Crippen molar-refractivity contribution in [2.75, 3.05) is 37.4 Å². The van der Waals surface area contributed by atoms with Crippen molar-refractivity contribution in [2.45, 2.75) is 19.3 Å². The van der Waals surface area contributed by atoms with Crippen LogP contribution in [-0.2, 0) is 11.2 Å². The first-order chi connectivity index (χ1) is 7.81. The van der Waals surface area contributed by atoms with E-state index in [9.17, 15) is 0 Å². The Morgan fingerprint density at radius 1 is 1.38 bits per heavy atom. The van der Waals surface area contributed by atoms with Crippen LogP contribution in [0.4, 0.5) is 11.4 Å². The van der Waals surface area contributed by atoms with Gasteiger partial charge in [0.25, 0.3) is 0 Å². The van der Waals surface area contributed by atoms with Gasteiger partial charge >= 0.3 is 0 Å². The van der Waals surface area contributed by atoms with Crippen molar-refractivity contribution in [2.24, 2.45) is 0 Å². The van der Waals surface area contributed by atoms with Gasteiger partial charge in [-0.05, 0) is 43.0 Å². The van der Waals surface area contributed by atoms with Gasteiger partial charge < -0.3 is 15.4 Å². The number of anilines is 2. The average molecular weight is 220 g/mol. The standard InChI is InChI=1S/C13H20N2O/c1-16-9-3-2-7-15-8-6-11-10-12(14)4-5-13(11)15/h4-5,10H,2-3,6-9,14H2,1H3. The van der Waals surface area contributed by atoms with Crippen molar-refractivity contribution in [3.63, 3.8) is 0 Å². The Balaban J connectivity index is 1.91. The van der Waals surface area contributed by atoms with E-state index in [2.05, 4.69) is 17.0 Å². The van der Waals surface area contributed by atoms with Gasteiger partial charge in [0.05, 0.1) is 0 Å². The number of methoxy groups -OCH3 is 1. The van der Waals surface area contributed by atoms with Crippen molar-refractivity contribution in [1.82, 2.24) is 0 Å². The molecule has 0 aromatic heterocycles. The topological polar surface area (TPSA) is 38.5 Å². The molecule has 1 aromatic rings. The van der Waals surface area contributed by atoms with Crippen LogP contribution in [-0.4, -0.2) is 26.8 Å². The van der Waals surface area contributed by atoms with Gasteiger partial charge in [-0.3, -0.25) is 0 Å². The van der Waals surface area contributed by atoms with Crippen molar-refractivity contribution >= 4 is 11.4 Å². The molecular weight excluding hydrogens is 200 g/mol. The Labute approximate surface area is 97.2 Å². The number of rotatable bonds is 5. The predicted molar refractivity (Wildman–Crippen MR) is 67.9 cm³/mol. The Morgan fingerprint density at radius 3 is 3.06 bits per heavy atom. The maximum atomic E-state index is 5.78. The second-order valence-corrected chi connectivity index (χ2v) is 4.33. The van der Waals surface area contributed by atoms with Crippen molar-refractivity contribution in [1.29, 1.82) is 0 Å².